The largest absolute Gasteiger partial charge is 0.456 e. The Labute approximate surface area is 381 Å². The predicted molar refractivity (Wildman–Crippen MR) is 276 cm³/mol. The number of fused-ring (bicyclic) bond motifs is 18. The summed E-state index contributed by atoms with van der Waals surface area (Å²) in [4.78, 5) is 0. The molecule has 13 aromatic rings. The molecule has 2 aliphatic carbocycles. The van der Waals surface area contributed by atoms with Crippen molar-refractivity contribution >= 4 is 65.0 Å². The molecule has 0 unspecified atom stereocenters. The minimum Gasteiger partial charge on any atom is -0.456 e. The van der Waals surface area contributed by atoms with Gasteiger partial charge in [0.2, 0.25) is 0 Å². The van der Waals surface area contributed by atoms with Crippen LogP contribution in [0.3, 0.4) is 0 Å². The van der Waals surface area contributed by atoms with E-state index in [4.69, 9.17) is 4.42 Å². The van der Waals surface area contributed by atoms with Gasteiger partial charge in [0.05, 0.1) is 5.41 Å². The number of hydrogen-bond donors (Lipinski definition) is 0. The summed E-state index contributed by atoms with van der Waals surface area (Å²) in [5.41, 5.74) is 19.5. The highest BCUT2D eigenvalue weighted by Crippen LogP contribution is 2.64. The molecule has 12 aromatic carbocycles. The van der Waals surface area contributed by atoms with Gasteiger partial charge in [0.1, 0.15) is 11.2 Å². The Bertz CT molecular complexity index is 4140. The van der Waals surface area contributed by atoms with E-state index in [0.717, 1.165) is 21.9 Å². The minimum absolute atomic E-state index is 0.435. The second kappa shape index (κ2) is 13.3. The minimum atomic E-state index is -0.435. The van der Waals surface area contributed by atoms with Crippen molar-refractivity contribution in [2.45, 2.75) is 5.41 Å². The smallest absolute Gasteiger partial charge is 0.135 e. The Balaban J connectivity index is 0.919. The van der Waals surface area contributed by atoms with Crippen LogP contribution in [0.5, 0.6) is 0 Å². The van der Waals surface area contributed by atoms with E-state index in [9.17, 15) is 0 Å². The molecule has 0 N–H and O–H groups in total. The first kappa shape index (κ1) is 35.9. The number of furan rings is 1. The van der Waals surface area contributed by atoms with Crippen molar-refractivity contribution < 1.29 is 4.42 Å². The lowest BCUT2D eigenvalue weighted by Crippen LogP contribution is -2.26. The zero-order valence-electron chi connectivity index (χ0n) is 35.8. The van der Waals surface area contributed by atoms with Crippen LogP contribution in [-0.2, 0) is 5.41 Å². The van der Waals surface area contributed by atoms with Crippen LogP contribution >= 0.6 is 0 Å². The van der Waals surface area contributed by atoms with Gasteiger partial charge in [0, 0.05) is 10.8 Å². The van der Waals surface area contributed by atoms with Gasteiger partial charge in [0.15, 0.2) is 0 Å². The number of rotatable bonds is 3. The molecule has 0 bridgehead atoms. The van der Waals surface area contributed by atoms with Crippen LogP contribution in [0.25, 0.3) is 121 Å². The zero-order valence-corrected chi connectivity index (χ0v) is 35.8. The molecule has 0 saturated carbocycles. The summed E-state index contributed by atoms with van der Waals surface area (Å²) in [7, 11) is 0. The van der Waals surface area contributed by atoms with Gasteiger partial charge in [-0.05, 0) is 163 Å². The molecule has 0 saturated heterocycles. The Kier molecular flexibility index (Phi) is 7.21. The topological polar surface area (TPSA) is 13.1 Å². The van der Waals surface area contributed by atoms with Crippen LogP contribution in [-0.4, -0.2) is 0 Å². The van der Waals surface area contributed by atoms with Crippen LogP contribution in [0.15, 0.2) is 235 Å². The molecule has 1 spiro atoms. The van der Waals surface area contributed by atoms with Crippen LogP contribution in [0.1, 0.15) is 22.3 Å². The van der Waals surface area contributed by atoms with Gasteiger partial charge in [-0.1, -0.05) is 188 Å². The fraction of sp³-hybridized carbons (Fsp3) is 0.0154. The molecule has 2 aliphatic rings. The fourth-order valence-electron chi connectivity index (χ4n) is 12.3. The molecule has 1 aromatic heterocycles. The van der Waals surface area contributed by atoms with E-state index >= 15 is 0 Å². The lowest BCUT2D eigenvalue weighted by atomic mass is 9.69. The molecule has 304 valence electrons. The van der Waals surface area contributed by atoms with Crippen molar-refractivity contribution in [2.24, 2.45) is 0 Å². The average Bonchev–Trinajstić information content (AvgIpc) is 4.00. The fourth-order valence-corrected chi connectivity index (χ4v) is 12.3. The number of para-hydroxylation sites is 1. The third-order valence-electron chi connectivity index (χ3n) is 15.0. The van der Waals surface area contributed by atoms with Crippen molar-refractivity contribution in [1.29, 1.82) is 0 Å². The van der Waals surface area contributed by atoms with Gasteiger partial charge in [-0.2, -0.15) is 0 Å². The lowest BCUT2D eigenvalue weighted by Gasteiger charge is -2.31. The maximum atomic E-state index is 6.26. The van der Waals surface area contributed by atoms with Gasteiger partial charge in [-0.3, -0.25) is 0 Å². The Hall–Kier alpha value is -8.52. The van der Waals surface area contributed by atoms with Crippen LogP contribution in [0, 0.1) is 0 Å². The molecule has 0 radical (unpaired) electrons. The highest BCUT2D eigenvalue weighted by atomic mass is 16.3. The third kappa shape index (κ3) is 4.74. The molecule has 0 atom stereocenters. The summed E-state index contributed by atoms with van der Waals surface area (Å²) >= 11 is 0. The Morgan fingerprint density at radius 3 is 1.52 bits per heavy atom. The van der Waals surface area contributed by atoms with E-state index in [0.29, 0.717) is 0 Å². The second-order valence-electron chi connectivity index (χ2n) is 18.2. The SMILES string of the molecule is c1cc(-c2ccc3c4c(ccc3c2)-c2cc3ccccc3cc2C42c3ccccc3-c3ccccc32)cc(-c2c3ccccc3c(-c3ccc4oc5ccccc5c4c3)c3ccccc23)c1. The second-order valence-corrected chi connectivity index (χ2v) is 18.2. The van der Waals surface area contributed by atoms with E-state index in [1.165, 1.54) is 121 Å². The molecule has 0 fully saturated rings. The molecular formula is C65H38O. The van der Waals surface area contributed by atoms with Gasteiger partial charge in [0.25, 0.3) is 0 Å². The molecule has 0 amide bonds. The van der Waals surface area contributed by atoms with Crippen LogP contribution in [0.2, 0.25) is 0 Å². The normalized spacial score (nSPS) is 13.3. The van der Waals surface area contributed by atoms with Gasteiger partial charge in [-0.25, -0.2) is 0 Å². The zero-order chi connectivity index (χ0) is 43.1. The first-order valence-electron chi connectivity index (χ1n) is 23.0. The first-order valence-corrected chi connectivity index (χ1v) is 23.0. The quantitative estimate of drug-likeness (QED) is 0.162. The number of benzene rings is 12. The number of hydrogen-bond acceptors (Lipinski definition) is 1. The molecule has 0 aliphatic heterocycles. The Morgan fingerprint density at radius 1 is 0.258 bits per heavy atom. The van der Waals surface area contributed by atoms with E-state index in [1.807, 2.05) is 6.07 Å². The van der Waals surface area contributed by atoms with Crippen molar-refractivity contribution in [3.05, 3.63) is 253 Å². The summed E-state index contributed by atoms with van der Waals surface area (Å²) in [6, 6.07) is 86.0. The first-order chi connectivity index (χ1) is 32.7. The summed E-state index contributed by atoms with van der Waals surface area (Å²) in [5, 5.41) is 12.3. The molecular weight excluding hydrogens is 797 g/mol. The molecule has 1 heteroatoms. The van der Waals surface area contributed by atoms with E-state index < -0.39 is 5.41 Å². The standard InChI is InChI=1S/C65H38O/c1-2-15-41-38-59-55(36-40(41)14-1)54-32-29-43-34-42(28-31-46(43)64(54)65(59)57-25-10-7-18-47(57)48-19-8-11-26-58(48)65)39-16-13-17-44(35-39)62-50-21-3-5-23-52(50)63(53-24-6-4-22-51(53)62)45-30-33-61-56(37-45)49-20-9-12-27-60(49)66-61/h1-38H. The Morgan fingerprint density at radius 2 is 0.803 bits per heavy atom. The average molecular weight is 835 g/mol. The molecule has 66 heavy (non-hydrogen) atoms. The van der Waals surface area contributed by atoms with Crippen molar-refractivity contribution in [3.8, 4) is 55.6 Å². The molecule has 1 heterocycles. The summed E-state index contributed by atoms with van der Waals surface area (Å²) in [5.74, 6) is 0. The van der Waals surface area contributed by atoms with E-state index in [-0.39, 0.29) is 0 Å². The maximum absolute atomic E-state index is 6.26. The van der Waals surface area contributed by atoms with Crippen molar-refractivity contribution in [1.82, 2.24) is 0 Å². The van der Waals surface area contributed by atoms with E-state index in [2.05, 4.69) is 224 Å². The van der Waals surface area contributed by atoms with Crippen LogP contribution in [0.4, 0.5) is 0 Å². The van der Waals surface area contributed by atoms with Crippen LogP contribution < -0.4 is 0 Å². The van der Waals surface area contributed by atoms with Crippen molar-refractivity contribution in [2.75, 3.05) is 0 Å². The predicted octanol–water partition coefficient (Wildman–Crippen LogP) is 17.5. The van der Waals surface area contributed by atoms with Gasteiger partial charge >= 0.3 is 0 Å². The molecule has 1 nitrogen and oxygen atoms in total. The third-order valence-corrected chi connectivity index (χ3v) is 15.0. The monoisotopic (exact) mass is 834 g/mol. The highest BCUT2D eigenvalue weighted by molar-refractivity contribution is 6.22. The molecule has 15 rings (SSSR count). The lowest BCUT2D eigenvalue weighted by molar-refractivity contribution is 0.669. The highest BCUT2D eigenvalue weighted by Gasteiger charge is 2.52. The summed E-state index contributed by atoms with van der Waals surface area (Å²) in [6.45, 7) is 0. The summed E-state index contributed by atoms with van der Waals surface area (Å²) in [6.07, 6.45) is 0. The van der Waals surface area contributed by atoms with Gasteiger partial charge < -0.3 is 4.42 Å². The van der Waals surface area contributed by atoms with Crippen molar-refractivity contribution in [3.63, 3.8) is 0 Å². The van der Waals surface area contributed by atoms with Gasteiger partial charge in [-0.15, -0.1) is 0 Å². The summed E-state index contributed by atoms with van der Waals surface area (Å²) < 4.78 is 6.26. The maximum Gasteiger partial charge on any atom is 0.135 e. The van der Waals surface area contributed by atoms with E-state index in [1.54, 1.807) is 0 Å².